The Labute approximate surface area is 155 Å². The molecular weight excluding hydrogens is 350 g/mol. The predicted octanol–water partition coefficient (Wildman–Crippen LogP) is 3.41. The maximum atomic E-state index is 12.4. The van der Waals surface area contributed by atoms with Gasteiger partial charge in [-0.2, -0.15) is 0 Å². The topological polar surface area (TPSA) is 79.0 Å². The third kappa shape index (κ3) is 2.81. The molecule has 2 heterocycles. The van der Waals surface area contributed by atoms with Crippen LogP contribution in [0.15, 0.2) is 30.3 Å². The number of nitrogens with one attached hydrogen (secondary N) is 1. The van der Waals surface area contributed by atoms with Crippen LogP contribution in [0.1, 0.15) is 10.5 Å². The van der Waals surface area contributed by atoms with Gasteiger partial charge in [-0.05, 0) is 23.8 Å². The van der Waals surface area contributed by atoms with Crippen molar-refractivity contribution >= 4 is 16.9 Å². The first kappa shape index (κ1) is 17.1. The van der Waals surface area contributed by atoms with Crippen molar-refractivity contribution in [2.45, 2.75) is 0 Å². The van der Waals surface area contributed by atoms with Crippen molar-refractivity contribution in [2.24, 2.45) is 0 Å². The van der Waals surface area contributed by atoms with E-state index in [-0.39, 0.29) is 0 Å². The molecule has 1 N–H and O–H groups in total. The summed E-state index contributed by atoms with van der Waals surface area (Å²) >= 11 is 0. The number of aromatic nitrogens is 1. The standard InChI is InChI=1S/C20H19NO6/c1-23-14-5-4-11(8-15(14)24-2)18-12-9-16-17(27-7-6-26-16)10-13(12)21-19(18)20(22)25-3/h4-5,8-10,21H,6-7H2,1-3H3. The zero-order valence-electron chi connectivity index (χ0n) is 15.3. The van der Waals surface area contributed by atoms with Gasteiger partial charge in [-0.3, -0.25) is 0 Å². The minimum absolute atomic E-state index is 0.349. The average molecular weight is 369 g/mol. The summed E-state index contributed by atoms with van der Waals surface area (Å²) in [5.74, 6) is 2.00. The Kier molecular flexibility index (Phi) is 4.27. The van der Waals surface area contributed by atoms with Gasteiger partial charge in [0, 0.05) is 17.0 Å². The van der Waals surface area contributed by atoms with Gasteiger partial charge in [-0.15, -0.1) is 0 Å². The number of ether oxygens (including phenoxy) is 5. The summed E-state index contributed by atoms with van der Waals surface area (Å²) in [6, 6.07) is 9.20. The number of methoxy groups -OCH3 is 3. The van der Waals surface area contributed by atoms with E-state index < -0.39 is 5.97 Å². The van der Waals surface area contributed by atoms with E-state index in [9.17, 15) is 4.79 Å². The van der Waals surface area contributed by atoms with E-state index in [4.69, 9.17) is 23.7 Å². The van der Waals surface area contributed by atoms with Gasteiger partial charge in [0.1, 0.15) is 18.9 Å². The summed E-state index contributed by atoms with van der Waals surface area (Å²) in [6.07, 6.45) is 0. The van der Waals surface area contributed by atoms with Crippen LogP contribution >= 0.6 is 0 Å². The highest BCUT2D eigenvalue weighted by atomic mass is 16.6. The fourth-order valence-corrected chi connectivity index (χ4v) is 3.28. The average Bonchev–Trinajstić information content (AvgIpc) is 3.09. The van der Waals surface area contributed by atoms with E-state index in [0.717, 1.165) is 16.5 Å². The second-order valence-corrected chi connectivity index (χ2v) is 5.98. The minimum Gasteiger partial charge on any atom is -0.493 e. The maximum Gasteiger partial charge on any atom is 0.355 e. The molecule has 0 radical (unpaired) electrons. The molecule has 0 unspecified atom stereocenters. The van der Waals surface area contributed by atoms with Gasteiger partial charge < -0.3 is 28.7 Å². The molecule has 1 aromatic heterocycles. The highest BCUT2D eigenvalue weighted by Crippen LogP contribution is 2.42. The quantitative estimate of drug-likeness (QED) is 0.710. The van der Waals surface area contributed by atoms with E-state index >= 15 is 0 Å². The third-order valence-electron chi connectivity index (χ3n) is 4.52. The molecule has 0 saturated heterocycles. The number of H-pyrrole nitrogens is 1. The van der Waals surface area contributed by atoms with Crippen LogP contribution in [0.5, 0.6) is 23.0 Å². The zero-order chi connectivity index (χ0) is 19.0. The molecule has 0 atom stereocenters. The number of rotatable bonds is 4. The van der Waals surface area contributed by atoms with Crippen molar-refractivity contribution in [3.05, 3.63) is 36.0 Å². The Morgan fingerprint density at radius 3 is 2.33 bits per heavy atom. The number of hydrogen-bond donors (Lipinski definition) is 1. The van der Waals surface area contributed by atoms with Gasteiger partial charge >= 0.3 is 5.97 Å². The van der Waals surface area contributed by atoms with Crippen LogP contribution in [0.2, 0.25) is 0 Å². The lowest BCUT2D eigenvalue weighted by Gasteiger charge is -2.18. The van der Waals surface area contributed by atoms with Crippen LogP contribution in [0.25, 0.3) is 22.0 Å². The zero-order valence-corrected chi connectivity index (χ0v) is 15.3. The number of fused-ring (bicyclic) bond motifs is 2. The van der Waals surface area contributed by atoms with Gasteiger partial charge in [0.25, 0.3) is 0 Å². The number of aromatic amines is 1. The van der Waals surface area contributed by atoms with Crippen molar-refractivity contribution in [1.82, 2.24) is 4.98 Å². The molecule has 27 heavy (non-hydrogen) atoms. The van der Waals surface area contributed by atoms with E-state index in [2.05, 4.69) is 4.98 Å². The van der Waals surface area contributed by atoms with Gasteiger partial charge in [0.05, 0.1) is 26.8 Å². The molecule has 140 valence electrons. The lowest BCUT2D eigenvalue weighted by Crippen LogP contribution is -2.15. The number of hydrogen-bond acceptors (Lipinski definition) is 6. The summed E-state index contributed by atoms with van der Waals surface area (Å²) in [4.78, 5) is 15.6. The van der Waals surface area contributed by atoms with Crippen LogP contribution in [0, 0.1) is 0 Å². The molecule has 0 bridgehead atoms. The normalized spacial score (nSPS) is 12.7. The largest absolute Gasteiger partial charge is 0.493 e. The molecule has 1 aliphatic heterocycles. The van der Waals surface area contributed by atoms with E-state index in [0.29, 0.717) is 47.5 Å². The molecule has 0 spiro atoms. The first-order valence-corrected chi connectivity index (χ1v) is 8.42. The van der Waals surface area contributed by atoms with Gasteiger partial charge in [0.15, 0.2) is 23.0 Å². The number of carbonyl (C=O) groups excluding carboxylic acids is 1. The molecule has 0 fully saturated rings. The van der Waals surface area contributed by atoms with Crippen molar-refractivity contribution in [3.8, 4) is 34.1 Å². The van der Waals surface area contributed by atoms with Crippen LogP contribution in [0.4, 0.5) is 0 Å². The second-order valence-electron chi connectivity index (χ2n) is 5.98. The van der Waals surface area contributed by atoms with Crippen molar-refractivity contribution < 1.29 is 28.5 Å². The van der Waals surface area contributed by atoms with Crippen LogP contribution < -0.4 is 18.9 Å². The van der Waals surface area contributed by atoms with Gasteiger partial charge in [-0.25, -0.2) is 4.79 Å². The molecule has 0 saturated carbocycles. The summed E-state index contributed by atoms with van der Waals surface area (Å²) in [5, 5.41) is 0.826. The first-order valence-electron chi connectivity index (χ1n) is 8.42. The summed E-state index contributed by atoms with van der Waals surface area (Å²) in [6.45, 7) is 0.976. The lowest BCUT2D eigenvalue weighted by atomic mass is 10.0. The molecule has 1 aliphatic rings. The van der Waals surface area contributed by atoms with Crippen LogP contribution in [0.3, 0.4) is 0 Å². The Morgan fingerprint density at radius 2 is 1.67 bits per heavy atom. The molecular formula is C20H19NO6. The number of benzene rings is 2. The Hall–Kier alpha value is -3.35. The molecule has 7 nitrogen and oxygen atoms in total. The maximum absolute atomic E-state index is 12.4. The predicted molar refractivity (Wildman–Crippen MR) is 99.2 cm³/mol. The fourth-order valence-electron chi connectivity index (χ4n) is 3.28. The molecule has 0 aliphatic carbocycles. The first-order chi connectivity index (χ1) is 13.2. The lowest BCUT2D eigenvalue weighted by molar-refractivity contribution is 0.0596. The van der Waals surface area contributed by atoms with E-state index in [1.807, 2.05) is 24.3 Å². The van der Waals surface area contributed by atoms with Gasteiger partial charge in [-0.1, -0.05) is 6.07 Å². The molecule has 3 aromatic rings. The van der Waals surface area contributed by atoms with Crippen LogP contribution in [-0.4, -0.2) is 45.5 Å². The smallest absolute Gasteiger partial charge is 0.355 e. The Balaban J connectivity index is 1.98. The van der Waals surface area contributed by atoms with Crippen molar-refractivity contribution in [3.63, 3.8) is 0 Å². The third-order valence-corrected chi connectivity index (χ3v) is 4.52. The summed E-state index contributed by atoms with van der Waals surface area (Å²) in [7, 11) is 4.50. The minimum atomic E-state index is -0.462. The molecule has 4 rings (SSSR count). The van der Waals surface area contributed by atoms with E-state index in [1.54, 1.807) is 20.3 Å². The van der Waals surface area contributed by atoms with Crippen molar-refractivity contribution in [1.29, 1.82) is 0 Å². The number of carbonyl (C=O) groups is 1. The molecule has 0 amide bonds. The summed E-state index contributed by atoms with van der Waals surface area (Å²) < 4.78 is 27.0. The Bertz CT molecular complexity index is 1020. The van der Waals surface area contributed by atoms with E-state index in [1.165, 1.54) is 7.11 Å². The molecule has 7 heteroatoms. The highest BCUT2D eigenvalue weighted by Gasteiger charge is 2.24. The highest BCUT2D eigenvalue weighted by molar-refractivity contribution is 6.09. The molecule has 2 aromatic carbocycles. The summed E-state index contributed by atoms with van der Waals surface area (Å²) in [5.41, 5.74) is 2.59. The second kappa shape index (κ2) is 6.75. The fraction of sp³-hybridized carbons (Fsp3) is 0.250. The number of esters is 1. The van der Waals surface area contributed by atoms with Gasteiger partial charge in [0.2, 0.25) is 0 Å². The Morgan fingerprint density at radius 1 is 0.963 bits per heavy atom. The SMILES string of the molecule is COC(=O)c1[nH]c2cc3c(cc2c1-c1ccc(OC)c(OC)c1)OCCO3. The van der Waals surface area contributed by atoms with Crippen LogP contribution in [-0.2, 0) is 4.74 Å². The van der Waals surface area contributed by atoms with Crippen molar-refractivity contribution in [2.75, 3.05) is 34.5 Å². The monoisotopic (exact) mass is 369 g/mol.